The van der Waals surface area contributed by atoms with Crippen molar-refractivity contribution in [1.29, 1.82) is 0 Å². The molecule has 1 N–H and O–H groups in total. The zero-order chi connectivity index (χ0) is 14.5. The Hall–Kier alpha value is -0.835. The van der Waals surface area contributed by atoms with Gasteiger partial charge in [-0.2, -0.15) is 0 Å². The molecule has 2 aliphatic rings. The van der Waals surface area contributed by atoms with Gasteiger partial charge in [0.2, 0.25) is 0 Å². The number of benzene rings is 1. The molecule has 1 fully saturated rings. The normalized spacial score (nSPS) is 26.9. The highest BCUT2D eigenvalue weighted by Crippen LogP contribution is 2.38. The number of nitrogens with one attached hydrogen (secondary N) is 1. The Morgan fingerprint density at radius 1 is 1.15 bits per heavy atom. The summed E-state index contributed by atoms with van der Waals surface area (Å²) in [6, 6.07) is 6.96. The molecule has 1 aromatic rings. The van der Waals surface area contributed by atoms with Crippen molar-refractivity contribution in [3.63, 3.8) is 0 Å². The molecule has 108 valence electrons. The van der Waals surface area contributed by atoms with Crippen LogP contribution < -0.4 is 10.8 Å². The second-order valence-electron chi connectivity index (χ2n) is 6.88. The highest BCUT2D eigenvalue weighted by atomic mass is 16.7. The SMILES string of the molecule is CN[C@@H]1CCc2c(B3OC(C)(C)C(C)(C)O3)cccc21. The zero-order valence-electron chi connectivity index (χ0n) is 13.1. The van der Waals surface area contributed by atoms with Gasteiger partial charge in [0.05, 0.1) is 11.2 Å². The Labute approximate surface area is 122 Å². The van der Waals surface area contributed by atoms with Gasteiger partial charge >= 0.3 is 7.12 Å². The lowest BCUT2D eigenvalue weighted by molar-refractivity contribution is 0.00578. The average Bonchev–Trinajstić information content (AvgIpc) is 2.88. The number of hydrogen-bond acceptors (Lipinski definition) is 3. The van der Waals surface area contributed by atoms with Gasteiger partial charge in [0.25, 0.3) is 0 Å². The summed E-state index contributed by atoms with van der Waals surface area (Å²) in [4.78, 5) is 0. The number of rotatable bonds is 2. The van der Waals surface area contributed by atoms with Crippen LogP contribution in [0.3, 0.4) is 0 Å². The van der Waals surface area contributed by atoms with Crippen molar-refractivity contribution in [2.24, 2.45) is 0 Å². The number of hydrogen-bond donors (Lipinski definition) is 1. The zero-order valence-corrected chi connectivity index (χ0v) is 13.1. The van der Waals surface area contributed by atoms with E-state index < -0.39 is 0 Å². The molecule has 0 bridgehead atoms. The van der Waals surface area contributed by atoms with Gasteiger partial charge in [-0.3, -0.25) is 0 Å². The van der Waals surface area contributed by atoms with E-state index >= 15 is 0 Å². The molecule has 4 heteroatoms. The maximum absolute atomic E-state index is 6.20. The lowest BCUT2D eigenvalue weighted by atomic mass is 9.75. The third kappa shape index (κ3) is 2.02. The van der Waals surface area contributed by atoms with Gasteiger partial charge in [0, 0.05) is 6.04 Å². The van der Waals surface area contributed by atoms with Crippen molar-refractivity contribution in [3.05, 3.63) is 29.3 Å². The molecule has 1 aliphatic carbocycles. The lowest BCUT2D eigenvalue weighted by Crippen LogP contribution is -2.41. The van der Waals surface area contributed by atoms with Gasteiger partial charge < -0.3 is 14.6 Å². The molecule has 1 saturated heterocycles. The molecule has 3 rings (SSSR count). The minimum absolute atomic E-state index is 0.245. The molecule has 0 unspecified atom stereocenters. The van der Waals surface area contributed by atoms with Crippen molar-refractivity contribution >= 4 is 12.6 Å². The fourth-order valence-electron chi connectivity index (χ4n) is 3.17. The first-order valence-corrected chi connectivity index (χ1v) is 7.50. The van der Waals surface area contributed by atoms with Gasteiger partial charge in [-0.1, -0.05) is 18.2 Å². The van der Waals surface area contributed by atoms with Crippen LogP contribution in [0, 0.1) is 0 Å². The van der Waals surface area contributed by atoms with Crippen LogP contribution in [0.25, 0.3) is 0 Å². The third-order valence-electron chi connectivity index (χ3n) is 5.16. The fraction of sp³-hybridized carbons (Fsp3) is 0.625. The van der Waals surface area contributed by atoms with Crippen LogP contribution in [-0.4, -0.2) is 25.4 Å². The summed E-state index contributed by atoms with van der Waals surface area (Å²) < 4.78 is 12.4. The molecule has 1 aliphatic heterocycles. The van der Waals surface area contributed by atoms with Gasteiger partial charge in [-0.15, -0.1) is 0 Å². The van der Waals surface area contributed by atoms with Gasteiger partial charge in [-0.05, 0) is 64.2 Å². The maximum Gasteiger partial charge on any atom is 0.495 e. The van der Waals surface area contributed by atoms with Crippen LogP contribution in [0.5, 0.6) is 0 Å². The topological polar surface area (TPSA) is 30.5 Å². The molecule has 1 heterocycles. The van der Waals surface area contributed by atoms with E-state index in [9.17, 15) is 0 Å². The van der Waals surface area contributed by atoms with E-state index in [0.29, 0.717) is 6.04 Å². The predicted octanol–water partition coefficient (Wildman–Crippen LogP) is 2.19. The van der Waals surface area contributed by atoms with Crippen molar-refractivity contribution in [2.45, 2.75) is 57.8 Å². The standard InChI is InChI=1S/C16H24BNO2/c1-15(2)16(3,4)20-17(19-15)13-8-6-7-12-11(13)9-10-14(12)18-5/h6-8,14,18H,9-10H2,1-5H3/t14-/m1/s1. The van der Waals surface area contributed by atoms with Crippen molar-refractivity contribution < 1.29 is 9.31 Å². The van der Waals surface area contributed by atoms with E-state index in [1.54, 1.807) is 0 Å². The highest BCUT2D eigenvalue weighted by Gasteiger charge is 2.52. The van der Waals surface area contributed by atoms with Crippen molar-refractivity contribution in [3.8, 4) is 0 Å². The predicted molar refractivity (Wildman–Crippen MR) is 82.3 cm³/mol. The van der Waals surface area contributed by atoms with E-state index in [4.69, 9.17) is 9.31 Å². The largest absolute Gasteiger partial charge is 0.495 e. The smallest absolute Gasteiger partial charge is 0.399 e. The second-order valence-corrected chi connectivity index (χ2v) is 6.88. The van der Waals surface area contributed by atoms with E-state index in [-0.39, 0.29) is 18.3 Å². The minimum Gasteiger partial charge on any atom is -0.399 e. The lowest BCUT2D eigenvalue weighted by Gasteiger charge is -2.32. The Morgan fingerprint density at radius 2 is 1.80 bits per heavy atom. The Morgan fingerprint density at radius 3 is 2.40 bits per heavy atom. The Kier molecular flexibility index (Phi) is 3.24. The molecule has 3 nitrogen and oxygen atoms in total. The average molecular weight is 273 g/mol. The van der Waals surface area contributed by atoms with Crippen molar-refractivity contribution in [2.75, 3.05) is 7.05 Å². The molecule has 1 aromatic carbocycles. The monoisotopic (exact) mass is 273 g/mol. The van der Waals surface area contributed by atoms with E-state index in [0.717, 1.165) is 12.8 Å². The molecule has 0 spiro atoms. The summed E-state index contributed by atoms with van der Waals surface area (Å²) in [7, 11) is 1.78. The first-order valence-electron chi connectivity index (χ1n) is 7.50. The quantitative estimate of drug-likeness (QED) is 0.838. The Bertz CT molecular complexity index is 511. The van der Waals surface area contributed by atoms with Crippen LogP contribution in [0.4, 0.5) is 0 Å². The summed E-state index contributed by atoms with van der Waals surface area (Å²) in [6.07, 6.45) is 2.25. The van der Waals surface area contributed by atoms with E-state index in [2.05, 4.69) is 51.2 Å². The van der Waals surface area contributed by atoms with Crippen molar-refractivity contribution in [1.82, 2.24) is 5.32 Å². The molecule has 20 heavy (non-hydrogen) atoms. The van der Waals surface area contributed by atoms with Gasteiger partial charge in [0.1, 0.15) is 0 Å². The fourth-order valence-corrected chi connectivity index (χ4v) is 3.17. The molecular formula is C16H24BNO2. The molecule has 0 aromatic heterocycles. The summed E-state index contributed by atoms with van der Waals surface area (Å²) >= 11 is 0. The summed E-state index contributed by atoms with van der Waals surface area (Å²) in [6.45, 7) is 8.41. The van der Waals surface area contributed by atoms with E-state index in [1.807, 2.05) is 7.05 Å². The summed E-state index contributed by atoms with van der Waals surface area (Å²) in [5.74, 6) is 0. The van der Waals surface area contributed by atoms with Crippen LogP contribution in [-0.2, 0) is 15.7 Å². The van der Waals surface area contributed by atoms with Crippen LogP contribution >= 0.6 is 0 Å². The number of fused-ring (bicyclic) bond motifs is 1. The highest BCUT2D eigenvalue weighted by molar-refractivity contribution is 6.62. The second kappa shape index (κ2) is 4.59. The maximum atomic E-state index is 6.20. The molecule has 1 atom stereocenters. The van der Waals surface area contributed by atoms with Gasteiger partial charge in [0.15, 0.2) is 0 Å². The van der Waals surface area contributed by atoms with E-state index in [1.165, 1.54) is 16.6 Å². The Balaban J connectivity index is 1.96. The first-order chi connectivity index (χ1) is 9.36. The van der Waals surface area contributed by atoms with Crippen LogP contribution in [0.15, 0.2) is 18.2 Å². The summed E-state index contributed by atoms with van der Waals surface area (Å²) in [5.41, 5.74) is 3.46. The molecule has 0 saturated carbocycles. The van der Waals surface area contributed by atoms with Crippen LogP contribution in [0.1, 0.15) is 51.3 Å². The first kappa shape index (κ1) is 14.1. The molecular weight excluding hydrogens is 249 g/mol. The van der Waals surface area contributed by atoms with Gasteiger partial charge in [-0.25, -0.2) is 0 Å². The van der Waals surface area contributed by atoms with Crippen LogP contribution in [0.2, 0.25) is 0 Å². The third-order valence-corrected chi connectivity index (χ3v) is 5.16. The molecule has 0 amide bonds. The minimum atomic E-state index is -0.276. The molecule has 0 radical (unpaired) electrons. The summed E-state index contributed by atoms with van der Waals surface area (Å²) in [5, 5.41) is 3.39.